The summed E-state index contributed by atoms with van der Waals surface area (Å²) < 4.78 is 20.0. The third kappa shape index (κ3) is 6.51. The number of methoxy groups -OCH3 is 1. The molecule has 0 fully saturated rings. The van der Waals surface area contributed by atoms with Crippen LogP contribution in [0.4, 0.5) is 0 Å². The molecule has 12 heteroatoms. The van der Waals surface area contributed by atoms with Gasteiger partial charge in [0.25, 0.3) is 5.56 Å². The Morgan fingerprint density at radius 1 is 1.12 bits per heavy atom. The lowest BCUT2D eigenvalue weighted by Gasteiger charge is -2.25. The molecule has 0 aliphatic carbocycles. The number of benzene rings is 3. The monoisotopic (exact) mass is 768 g/mol. The molecule has 0 saturated carbocycles. The van der Waals surface area contributed by atoms with Crippen molar-refractivity contribution in [2.75, 3.05) is 13.7 Å². The average Bonchev–Trinajstić information content (AvgIpc) is 3.26. The number of carbonyl (C=O) groups is 1. The minimum Gasteiger partial charge on any atom is -0.493 e. The molecule has 2 heterocycles. The first-order valence-corrected chi connectivity index (χ1v) is 16.0. The molecule has 1 aromatic heterocycles. The van der Waals surface area contributed by atoms with E-state index in [1.54, 1.807) is 63.4 Å². The van der Waals surface area contributed by atoms with Crippen LogP contribution in [0.5, 0.6) is 11.5 Å². The van der Waals surface area contributed by atoms with E-state index in [2.05, 4.69) is 27.6 Å². The number of ether oxygens (including phenoxy) is 3. The molecule has 0 amide bonds. The summed E-state index contributed by atoms with van der Waals surface area (Å²) in [6, 6.07) is 15.2. The Bertz CT molecular complexity index is 1950. The smallest absolute Gasteiger partial charge is 0.338 e. The maximum absolute atomic E-state index is 14.1. The van der Waals surface area contributed by atoms with Crippen molar-refractivity contribution in [3.63, 3.8) is 0 Å². The number of thiazole rings is 1. The molecule has 1 aliphatic rings. The summed E-state index contributed by atoms with van der Waals surface area (Å²) >= 11 is 22.4. The van der Waals surface area contributed by atoms with Gasteiger partial charge in [0.15, 0.2) is 16.3 Å². The molecule has 0 saturated heterocycles. The van der Waals surface area contributed by atoms with Gasteiger partial charge in [-0.25, -0.2) is 9.79 Å². The highest BCUT2D eigenvalue weighted by Crippen LogP contribution is 2.36. The number of hydrogen-bond donors (Lipinski definition) is 0. The van der Waals surface area contributed by atoms with Gasteiger partial charge in [-0.15, -0.1) is 0 Å². The van der Waals surface area contributed by atoms with Crippen LogP contribution >= 0.6 is 68.7 Å². The van der Waals surface area contributed by atoms with Crippen LogP contribution in [0.25, 0.3) is 6.08 Å². The van der Waals surface area contributed by atoms with Gasteiger partial charge in [-0.05, 0) is 78.4 Å². The van der Waals surface area contributed by atoms with Crippen molar-refractivity contribution in [1.29, 1.82) is 0 Å². The van der Waals surface area contributed by atoms with Gasteiger partial charge in [0, 0.05) is 29.8 Å². The number of hydrogen-bond acceptors (Lipinski definition) is 7. The van der Waals surface area contributed by atoms with Crippen molar-refractivity contribution < 1.29 is 19.0 Å². The van der Waals surface area contributed by atoms with Crippen molar-refractivity contribution in [2.45, 2.75) is 26.5 Å². The summed E-state index contributed by atoms with van der Waals surface area (Å²) in [5.74, 6) is 0.373. The van der Waals surface area contributed by atoms with E-state index >= 15 is 0 Å². The lowest BCUT2D eigenvalue weighted by atomic mass is 9.96. The van der Waals surface area contributed by atoms with E-state index in [-0.39, 0.29) is 24.3 Å². The van der Waals surface area contributed by atoms with E-state index in [0.29, 0.717) is 52.7 Å². The van der Waals surface area contributed by atoms with E-state index in [1.807, 2.05) is 18.2 Å². The minimum absolute atomic E-state index is 0.143. The molecule has 222 valence electrons. The highest BCUT2D eigenvalue weighted by atomic mass is 127. The summed E-state index contributed by atoms with van der Waals surface area (Å²) in [7, 11) is 1.55. The van der Waals surface area contributed by atoms with Crippen LogP contribution < -0.4 is 24.4 Å². The van der Waals surface area contributed by atoms with E-state index < -0.39 is 12.0 Å². The van der Waals surface area contributed by atoms with Crippen LogP contribution in [-0.2, 0) is 16.1 Å². The van der Waals surface area contributed by atoms with E-state index in [9.17, 15) is 9.59 Å². The Morgan fingerprint density at radius 3 is 2.58 bits per heavy atom. The molecule has 0 radical (unpaired) electrons. The van der Waals surface area contributed by atoms with Crippen molar-refractivity contribution in [1.82, 2.24) is 4.57 Å². The number of fused-ring (bicyclic) bond motifs is 1. The first-order valence-electron chi connectivity index (χ1n) is 13.0. The molecular formula is C31H24Cl3IN2O5S. The molecule has 3 aromatic carbocycles. The van der Waals surface area contributed by atoms with Crippen molar-refractivity contribution in [3.8, 4) is 11.5 Å². The fourth-order valence-electron chi connectivity index (χ4n) is 4.71. The molecule has 0 unspecified atom stereocenters. The molecule has 4 aromatic rings. The normalized spacial score (nSPS) is 14.8. The molecule has 0 bridgehead atoms. The lowest BCUT2D eigenvalue weighted by Crippen LogP contribution is -2.40. The van der Waals surface area contributed by atoms with E-state index in [4.69, 9.17) is 49.0 Å². The molecule has 0 N–H and O–H groups in total. The van der Waals surface area contributed by atoms with Gasteiger partial charge in [0.05, 0.1) is 29.5 Å². The van der Waals surface area contributed by atoms with E-state index in [0.717, 1.165) is 9.13 Å². The van der Waals surface area contributed by atoms with Crippen LogP contribution in [0, 0.1) is 3.57 Å². The van der Waals surface area contributed by atoms with Crippen LogP contribution in [0.1, 0.15) is 36.6 Å². The average molecular weight is 770 g/mol. The van der Waals surface area contributed by atoms with E-state index in [1.165, 1.54) is 15.9 Å². The zero-order valence-electron chi connectivity index (χ0n) is 23.1. The second-order valence-corrected chi connectivity index (χ2v) is 12.9. The predicted molar refractivity (Wildman–Crippen MR) is 178 cm³/mol. The Hall–Kier alpha value is -2.83. The van der Waals surface area contributed by atoms with Gasteiger partial charge in [-0.2, -0.15) is 0 Å². The maximum Gasteiger partial charge on any atom is 0.338 e. The zero-order chi connectivity index (χ0) is 30.8. The first-order chi connectivity index (χ1) is 20.6. The second-order valence-electron chi connectivity index (χ2n) is 9.37. The van der Waals surface area contributed by atoms with Crippen LogP contribution in [0.2, 0.25) is 15.1 Å². The third-order valence-electron chi connectivity index (χ3n) is 6.66. The second kappa shape index (κ2) is 13.4. The fourth-order valence-corrected chi connectivity index (χ4v) is 7.07. The summed E-state index contributed by atoms with van der Waals surface area (Å²) in [6.45, 7) is 3.77. The number of halogens is 4. The molecule has 5 rings (SSSR count). The van der Waals surface area contributed by atoms with Gasteiger partial charge >= 0.3 is 5.97 Å². The molecule has 43 heavy (non-hydrogen) atoms. The Morgan fingerprint density at radius 2 is 1.88 bits per heavy atom. The van der Waals surface area contributed by atoms with Crippen LogP contribution in [0.15, 0.2) is 75.7 Å². The molecule has 7 nitrogen and oxygen atoms in total. The number of esters is 1. The number of aromatic nitrogens is 1. The SMILES string of the molecule is CCOC(=O)C1=C(C)N=c2s/c(=C\c3cc(I)cc(OC)c3OCc3ccc(Cl)cc3Cl)c(=O)n2[C@H]1c1ccccc1Cl. The number of allylic oxidation sites excluding steroid dienone is 1. The summed E-state index contributed by atoms with van der Waals surface area (Å²) in [5, 5.41) is 1.41. The maximum atomic E-state index is 14.1. The molecular weight excluding hydrogens is 746 g/mol. The minimum atomic E-state index is -0.820. The topological polar surface area (TPSA) is 79.1 Å². The standard InChI is InChI=1S/C31H24Cl3IN2O5S/c1-4-41-30(39)26-16(2)36-31-37(27(26)21-7-5-6-8-22(21)33)29(38)25(43-31)12-18-11-20(35)14-24(40-3)28(18)42-15-17-9-10-19(32)13-23(17)34/h5-14,27H,4,15H2,1-3H3/b25-12-/t27-/m0/s1. The highest BCUT2D eigenvalue weighted by Gasteiger charge is 2.34. The Labute approximate surface area is 280 Å². The number of carbonyl (C=O) groups excluding carboxylic acids is 1. The molecule has 1 atom stereocenters. The Balaban J connectivity index is 1.67. The summed E-state index contributed by atoms with van der Waals surface area (Å²) in [5.41, 5.74) is 2.32. The summed E-state index contributed by atoms with van der Waals surface area (Å²) in [6.07, 6.45) is 1.74. The molecule has 1 aliphatic heterocycles. The quantitative estimate of drug-likeness (QED) is 0.143. The highest BCUT2D eigenvalue weighted by molar-refractivity contribution is 14.1. The number of nitrogens with zero attached hydrogens (tertiary/aromatic N) is 2. The Kier molecular flexibility index (Phi) is 9.87. The van der Waals surface area contributed by atoms with Crippen molar-refractivity contribution in [2.24, 2.45) is 4.99 Å². The van der Waals surface area contributed by atoms with Gasteiger partial charge in [-0.1, -0.05) is 70.4 Å². The van der Waals surface area contributed by atoms with Gasteiger partial charge in [0.1, 0.15) is 12.6 Å². The zero-order valence-corrected chi connectivity index (χ0v) is 28.4. The lowest BCUT2D eigenvalue weighted by molar-refractivity contribution is -0.139. The third-order valence-corrected chi connectivity index (χ3v) is 9.20. The predicted octanol–water partition coefficient (Wildman–Crippen LogP) is 6.95. The fraction of sp³-hybridized carbons (Fsp3) is 0.194. The van der Waals surface area contributed by atoms with Crippen LogP contribution in [-0.4, -0.2) is 24.3 Å². The van der Waals surface area contributed by atoms with Crippen molar-refractivity contribution >= 4 is 80.8 Å². The van der Waals surface area contributed by atoms with Gasteiger partial charge in [-0.3, -0.25) is 9.36 Å². The van der Waals surface area contributed by atoms with Gasteiger partial charge in [0.2, 0.25) is 0 Å². The van der Waals surface area contributed by atoms with Crippen LogP contribution in [0.3, 0.4) is 0 Å². The summed E-state index contributed by atoms with van der Waals surface area (Å²) in [4.78, 5) is 32.3. The van der Waals surface area contributed by atoms with Gasteiger partial charge < -0.3 is 14.2 Å². The number of rotatable bonds is 8. The first kappa shape index (κ1) is 31.6. The molecule has 0 spiro atoms. The van der Waals surface area contributed by atoms with Crippen molar-refractivity contribution in [3.05, 3.63) is 121 Å². The largest absolute Gasteiger partial charge is 0.493 e.